The van der Waals surface area contributed by atoms with Crippen molar-refractivity contribution < 1.29 is 19.8 Å². The average molecular weight is 1240 g/mol. The zero-order chi connectivity index (χ0) is 63.4. The molecule has 524 valence electrons. The second-order valence-electron chi connectivity index (χ2n) is 30.3. The zero-order valence-electron chi connectivity index (χ0n) is 60.9. The van der Waals surface area contributed by atoms with Crippen LogP contribution in [0.1, 0.15) is 496 Å². The summed E-state index contributed by atoms with van der Waals surface area (Å²) < 4.78 is 0. The molecule has 0 bridgehead atoms. The van der Waals surface area contributed by atoms with Gasteiger partial charge in [0.15, 0.2) is 0 Å². The van der Waals surface area contributed by atoms with Crippen LogP contribution in [0.4, 0.5) is 0 Å². The van der Waals surface area contributed by atoms with E-state index in [1.807, 2.05) is 0 Å². The van der Waals surface area contributed by atoms with E-state index in [0.29, 0.717) is 18.6 Å². The molecule has 1 saturated carbocycles. The Morgan fingerprint density at radius 2 is 0.489 bits per heavy atom. The summed E-state index contributed by atoms with van der Waals surface area (Å²) in [4.78, 5) is 24.7. The van der Waals surface area contributed by atoms with Crippen molar-refractivity contribution in [3.05, 3.63) is 0 Å². The number of Topliss-reactive ketones (excluding diaryl/α,β-unsaturated/α-hetero) is 1. The van der Waals surface area contributed by atoms with Crippen LogP contribution in [0.15, 0.2) is 0 Å². The summed E-state index contributed by atoms with van der Waals surface area (Å²) in [5.41, 5.74) is 0. The van der Waals surface area contributed by atoms with E-state index in [-0.39, 0.29) is 5.92 Å². The average Bonchev–Trinajstić information content (AvgIpc) is 4.30. The summed E-state index contributed by atoms with van der Waals surface area (Å²) in [7, 11) is 0. The Labute approximate surface area is 554 Å². The molecule has 1 fully saturated rings. The summed E-state index contributed by atoms with van der Waals surface area (Å²) in [6, 6.07) is 0. The molecule has 0 aromatic carbocycles. The number of carbonyl (C=O) groups excluding carboxylic acids is 1. The van der Waals surface area contributed by atoms with Crippen molar-refractivity contribution >= 4 is 11.8 Å². The minimum absolute atomic E-state index is 0.281. The first-order valence-corrected chi connectivity index (χ1v) is 41.8. The minimum atomic E-state index is -0.800. The highest BCUT2D eigenvalue weighted by Crippen LogP contribution is 2.46. The third-order valence-corrected chi connectivity index (χ3v) is 21.6. The molecule has 0 spiro atoms. The van der Waals surface area contributed by atoms with Crippen LogP contribution in [0, 0.1) is 23.7 Å². The van der Waals surface area contributed by atoms with Crippen LogP contribution >= 0.6 is 0 Å². The third-order valence-electron chi connectivity index (χ3n) is 21.6. The molecule has 0 amide bonds. The van der Waals surface area contributed by atoms with Gasteiger partial charge in [0.1, 0.15) is 5.78 Å². The van der Waals surface area contributed by atoms with Crippen LogP contribution in [-0.4, -0.2) is 28.1 Å². The molecule has 0 saturated heterocycles. The number of aliphatic hydroxyl groups excluding tert-OH is 1. The van der Waals surface area contributed by atoms with Gasteiger partial charge in [-0.1, -0.05) is 457 Å². The molecule has 1 aliphatic carbocycles. The van der Waals surface area contributed by atoms with Gasteiger partial charge in [0, 0.05) is 12.3 Å². The van der Waals surface area contributed by atoms with Crippen molar-refractivity contribution in [3.63, 3.8) is 0 Å². The van der Waals surface area contributed by atoms with Gasteiger partial charge < -0.3 is 10.2 Å². The molecule has 0 aliphatic heterocycles. The lowest BCUT2D eigenvalue weighted by Crippen LogP contribution is -2.28. The van der Waals surface area contributed by atoms with Crippen molar-refractivity contribution in [1.82, 2.24) is 0 Å². The van der Waals surface area contributed by atoms with Crippen molar-refractivity contribution in [1.29, 1.82) is 0 Å². The number of ketones is 1. The Kier molecular flexibility index (Phi) is 68.1. The van der Waals surface area contributed by atoms with Crippen molar-refractivity contribution in [2.45, 2.75) is 502 Å². The number of carboxylic acids is 1. The highest BCUT2D eigenvalue weighted by molar-refractivity contribution is 5.80. The van der Waals surface area contributed by atoms with Crippen LogP contribution in [0.25, 0.3) is 0 Å². The zero-order valence-corrected chi connectivity index (χ0v) is 60.9. The Morgan fingerprint density at radius 3 is 0.739 bits per heavy atom. The fourth-order valence-electron chi connectivity index (χ4n) is 15.0. The maximum absolute atomic E-state index is 12.7. The fraction of sp³-hybridized carbons (Fsp3) is 0.976. The number of aliphatic carboxylic acids is 1. The quantitative estimate of drug-likeness (QED) is 0.0595. The summed E-state index contributed by atoms with van der Waals surface area (Å²) >= 11 is 0. The number of aliphatic hydroxyl groups is 1. The van der Waals surface area contributed by atoms with Gasteiger partial charge >= 0.3 is 5.97 Å². The Hall–Kier alpha value is -0.900. The normalized spacial score (nSPS) is 15.1. The maximum Gasteiger partial charge on any atom is 0.309 e. The number of unbranched alkanes of at least 4 members (excludes halogenated alkanes) is 63. The Morgan fingerprint density at radius 1 is 0.284 bits per heavy atom. The van der Waals surface area contributed by atoms with E-state index >= 15 is 0 Å². The van der Waals surface area contributed by atoms with Crippen molar-refractivity contribution in [2.75, 3.05) is 0 Å². The Bertz CT molecular complexity index is 1360. The van der Waals surface area contributed by atoms with Gasteiger partial charge in [-0.15, -0.1) is 0 Å². The first-order valence-electron chi connectivity index (χ1n) is 41.8. The van der Waals surface area contributed by atoms with Gasteiger partial charge in [-0.25, -0.2) is 0 Å². The van der Waals surface area contributed by atoms with Crippen LogP contribution in [-0.2, 0) is 9.59 Å². The van der Waals surface area contributed by atoms with E-state index in [2.05, 4.69) is 20.8 Å². The second kappa shape index (κ2) is 70.4. The van der Waals surface area contributed by atoms with Crippen LogP contribution in [0.5, 0.6) is 0 Å². The van der Waals surface area contributed by atoms with Crippen molar-refractivity contribution in [2.24, 2.45) is 23.7 Å². The molecule has 1 rings (SSSR count). The number of carboxylic acid groups (broad SMARTS) is 1. The summed E-state index contributed by atoms with van der Waals surface area (Å²) in [5.74, 6) is 1.58. The highest BCUT2D eigenvalue weighted by Gasteiger charge is 2.35. The minimum Gasteiger partial charge on any atom is -0.481 e. The molecule has 0 heterocycles. The SMILES string of the molecule is CCCCCCCCCCCCCCCCCCCCCCCCC(C(=O)O)[C@H](O)CCCCCCCCCCCCCCCC1CC1CCCCCCCCCCCCCCCCCCC(=O)[C@@H](C)CCCCCCCCCCCCCCCCCC. The van der Waals surface area contributed by atoms with E-state index < -0.39 is 18.0 Å². The smallest absolute Gasteiger partial charge is 0.309 e. The van der Waals surface area contributed by atoms with Crippen LogP contribution in [0.2, 0.25) is 0 Å². The van der Waals surface area contributed by atoms with E-state index in [0.717, 1.165) is 56.8 Å². The largest absolute Gasteiger partial charge is 0.481 e. The van der Waals surface area contributed by atoms with E-state index in [1.165, 1.54) is 417 Å². The molecule has 88 heavy (non-hydrogen) atoms. The first kappa shape index (κ1) is 85.1. The molecule has 0 aromatic rings. The predicted octanol–water partition coefficient (Wildman–Crippen LogP) is 29.4. The molecular weight excluding hydrogens is 1070 g/mol. The molecule has 4 nitrogen and oxygen atoms in total. The van der Waals surface area contributed by atoms with Gasteiger partial charge in [-0.05, 0) is 43.9 Å². The summed E-state index contributed by atoms with van der Waals surface area (Å²) in [5, 5.41) is 20.6. The monoisotopic (exact) mass is 1240 g/mol. The standard InChI is InChI=1S/C84H164O4/c1-4-6-8-10-12-14-16-18-20-22-23-24-25-26-27-32-38-44-50-56-62-68-74-81(84(87)88)83(86)76-70-64-58-52-46-40-34-37-43-49-55-61-67-73-80-77-79(80)72-66-60-54-48-42-36-31-28-29-33-39-45-51-57-63-69-75-82(85)78(3)71-65-59-53-47-41-35-30-21-19-17-15-13-11-9-7-5-2/h78-81,83,86H,4-77H2,1-3H3,(H,87,88)/t78-,79?,80?,81?,83+/m0/s1. The number of hydrogen-bond donors (Lipinski definition) is 2. The lowest BCUT2D eigenvalue weighted by atomic mass is 9.91. The molecule has 5 atom stereocenters. The lowest BCUT2D eigenvalue weighted by Gasteiger charge is -2.19. The topological polar surface area (TPSA) is 74.6 Å². The lowest BCUT2D eigenvalue weighted by molar-refractivity contribution is -0.146. The number of carbonyl (C=O) groups is 2. The highest BCUT2D eigenvalue weighted by atomic mass is 16.4. The summed E-state index contributed by atoms with van der Waals surface area (Å²) in [6.45, 7) is 6.79. The molecule has 3 unspecified atom stereocenters. The molecule has 4 heteroatoms. The van der Waals surface area contributed by atoms with Gasteiger partial charge in [0.2, 0.25) is 0 Å². The van der Waals surface area contributed by atoms with Crippen LogP contribution < -0.4 is 0 Å². The van der Waals surface area contributed by atoms with Crippen molar-refractivity contribution in [3.8, 4) is 0 Å². The Balaban J connectivity index is 1.75. The molecule has 1 aliphatic rings. The van der Waals surface area contributed by atoms with E-state index in [4.69, 9.17) is 0 Å². The van der Waals surface area contributed by atoms with Gasteiger partial charge in [-0.2, -0.15) is 0 Å². The van der Waals surface area contributed by atoms with E-state index in [9.17, 15) is 19.8 Å². The van der Waals surface area contributed by atoms with Gasteiger partial charge in [0.05, 0.1) is 12.0 Å². The van der Waals surface area contributed by atoms with Gasteiger partial charge in [0.25, 0.3) is 0 Å². The fourth-order valence-corrected chi connectivity index (χ4v) is 15.0. The first-order chi connectivity index (χ1) is 43.4. The number of hydrogen-bond acceptors (Lipinski definition) is 3. The van der Waals surface area contributed by atoms with Crippen LogP contribution in [0.3, 0.4) is 0 Å². The van der Waals surface area contributed by atoms with E-state index in [1.54, 1.807) is 0 Å². The molecular formula is C84H164O4. The molecule has 0 radical (unpaired) electrons. The molecule has 2 N–H and O–H groups in total. The van der Waals surface area contributed by atoms with Gasteiger partial charge in [-0.3, -0.25) is 9.59 Å². The third kappa shape index (κ3) is 62.5. The maximum atomic E-state index is 12.7. The summed E-state index contributed by atoms with van der Waals surface area (Å²) in [6.07, 6.45) is 99.4. The predicted molar refractivity (Wildman–Crippen MR) is 391 cm³/mol. The second-order valence-corrected chi connectivity index (χ2v) is 30.3. The number of rotatable bonds is 78. The molecule has 0 aromatic heterocycles.